The van der Waals surface area contributed by atoms with Crippen LogP contribution in [0, 0.1) is 11.8 Å². The molecule has 0 aliphatic rings. The van der Waals surface area contributed by atoms with E-state index in [1.807, 2.05) is 27.7 Å². The monoisotopic (exact) mass is 210 g/mol. The fourth-order valence-corrected chi connectivity index (χ4v) is 0.729. The van der Waals surface area contributed by atoms with E-state index in [0.717, 1.165) is 0 Å². The summed E-state index contributed by atoms with van der Waals surface area (Å²) in [7, 11) is 0. The highest BCUT2D eigenvalue weighted by molar-refractivity contribution is 5.95. The Hall–Kier alpha value is -1.18. The van der Waals surface area contributed by atoms with E-state index in [1.165, 1.54) is 6.08 Å². The van der Waals surface area contributed by atoms with Crippen molar-refractivity contribution in [2.75, 3.05) is 0 Å². The van der Waals surface area contributed by atoms with Crippen LogP contribution in [0.25, 0.3) is 0 Å². The van der Waals surface area contributed by atoms with E-state index in [4.69, 9.17) is 0 Å². The molecule has 0 aromatic carbocycles. The molecule has 2 nitrogen and oxygen atoms in total. The number of carbonyl (C=O) groups excluding carboxylic acids is 2. The van der Waals surface area contributed by atoms with E-state index in [0.29, 0.717) is 5.57 Å². The number of ketones is 2. The van der Waals surface area contributed by atoms with Gasteiger partial charge in [0.2, 0.25) is 0 Å². The molecular formula is C13H22O2. The molecule has 0 aromatic rings. The molecule has 0 heterocycles. The second kappa shape index (κ2) is 8.16. The van der Waals surface area contributed by atoms with Gasteiger partial charge in [-0.05, 0) is 18.6 Å². The van der Waals surface area contributed by atoms with Gasteiger partial charge in [-0.25, -0.2) is 0 Å². The number of hydrogen-bond acceptors (Lipinski definition) is 2. The van der Waals surface area contributed by atoms with Crippen LogP contribution in [0.5, 0.6) is 0 Å². The number of carbonyl (C=O) groups is 2. The second-order valence-electron chi connectivity index (χ2n) is 4.06. The molecule has 0 aliphatic carbocycles. The molecule has 2 heteroatoms. The lowest BCUT2D eigenvalue weighted by molar-refractivity contribution is -0.118. The topological polar surface area (TPSA) is 34.1 Å². The molecule has 0 atom stereocenters. The maximum Gasteiger partial charge on any atom is 0.160 e. The quantitative estimate of drug-likeness (QED) is 0.668. The Morgan fingerprint density at radius 2 is 1.47 bits per heavy atom. The van der Waals surface area contributed by atoms with Gasteiger partial charge in [-0.15, -0.1) is 0 Å². The Balaban J connectivity index is 0. The summed E-state index contributed by atoms with van der Waals surface area (Å²) in [6, 6.07) is 0. The first kappa shape index (κ1) is 16.3. The van der Waals surface area contributed by atoms with E-state index in [-0.39, 0.29) is 23.4 Å². The van der Waals surface area contributed by atoms with Crippen molar-refractivity contribution in [3.63, 3.8) is 0 Å². The van der Waals surface area contributed by atoms with Crippen molar-refractivity contribution in [2.24, 2.45) is 11.8 Å². The third kappa shape index (κ3) is 9.13. The molecule has 0 unspecified atom stereocenters. The van der Waals surface area contributed by atoms with Gasteiger partial charge in [0.05, 0.1) is 0 Å². The van der Waals surface area contributed by atoms with Crippen LogP contribution in [0.3, 0.4) is 0 Å². The van der Waals surface area contributed by atoms with Crippen molar-refractivity contribution in [1.82, 2.24) is 0 Å². The number of hydrogen-bond donors (Lipinski definition) is 0. The molecule has 0 rings (SSSR count). The summed E-state index contributed by atoms with van der Waals surface area (Å²) in [5, 5.41) is 0. The molecule has 0 fully saturated rings. The highest BCUT2D eigenvalue weighted by atomic mass is 16.1. The van der Waals surface area contributed by atoms with Crippen LogP contribution in [-0.4, -0.2) is 11.6 Å². The van der Waals surface area contributed by atoms with Gasteiger partial charge in [0, 0.05) is 11.8 Å². The minimum Gasteiger partial charge on any atom is -0.295 e. The first-order valence-corrected chi connectivity index (χ1v) is 5.10. The van der Waals surface area contributed by atoms with Crippen molar-refractivity contribution in [2.45, 2.75) is 34.6 Å². The summed E-state index contributed by atoms with van der Waals surface area (Å²) in [5.74, 6) is 0.481. The molecular weight excluding hydrogens is 188 g/mol. The van der Waals surface area contributed by atoms with Gasteiger partial charge >= 0.3 is 0 Å². The Morgan fingerprint density at radius 3 is 1.47 bits per heavy atom. The van der Waals surface area contributed by atoms with Crippen molar-refractivity contribution >= 4 is 11.6 Å². The highest BCUT2D eigenvalue weighted by Crippen LogP contribution is 2.01. The van der Waals surface area contributed by atoms with E-state index in [2.05, 4.69) is 13.2 Å². The van der Waals surface area contributed by atoms with Crippen LogP contribution in [0.4, 0.5) is 0 Å². The molecule has 0 saturated carbocycles. The average molecular weight is 210 g/mol. The summed E-state index contributed by atoms with van der Waals surface area (Å²) < 4.78 is 0. The Labute approximate surface area is 93.1 Å². The van der Waals surface area contributed by atoms with Gasteiger partial charge in [-0.2, -0.15) is 0 Å². The van der Waals surface area contributed by atoms with Gasteiger partial charge in [0.1, 0.15) is 0 Å². The van der Waals surface area contributed by atoms with Crippen LogP contribution >= 0.6 is 0 Å². The number of Topliss-reactive ketones (excluding diaryl/α,β-unsaturated/α-hetero) is 1. The van der Waals surface area contributed by atoms with Crippen molar-refractivity contribution in [3.05, 3.63) is 24.8 Å². The molecule has 0 saturated heterocycles. The third-order valence-corrected chi connectivity index (χ3v) is 1.72. The molecule has 0 radical (unpaired) electrons. The number of rotatable bonds is 4. The zero-order valence-corrected chi connectivity index (χ0v) is 10.5. The van der Waals surface area contributed by atoms with E-state index < -0.39 is 0 Å². The highest BCUT2D eigenvalue weighted by Gasteiger charge is 2.05. The van der Waals surface area contributed by atoms with Crippen LogP contribution < -0.4 is 0 Å². The van der Waals surface area contributed by atoms with Gasteiger partial charge in [0.25, 0.3) is 0 Å². The number of allylic oxidation sites excluding steroid dienone is 2. The summed E-state index contributed by atoms with van der Waals surface area (Å²) in [5.41, 5.74) is 0.653. The van der Waals surface area contributed by atoms with Crippen LogP contribution in [0.15, 0.2) is 24.8 Å². The zero-order valence-electron chi connectivity index (χ0n) is 10.5. The average Bonchev–Trinajstić information content (AvgIpc) is 2.15. The summed E-state index contributed by atoms with van der Waals surface area (Å²) in [4.78, 5) is 21.1. The molecule has 0 aromatic heterocycles. The fraction of sp³-hybridized carbons (Fsp3) is 0.538. The van der Waals surface area contributed by atoms with Crippen LogP contribution in [0.2, 0.25) is 0 Å². The predicted octanol–water partition coefficient (Wildman–Crippen LogP) is 3.19. The Morgan fingerprint density at radius 1 is 1.07 bits per heavy atom. The lowest BCUT2D eigenvalue weighted by Crippen LogP contribution is -2.06. The summed E-state index contributed by atoms with van der Waals surface area (Å²) >= 11 is 0. The van der Waals surface area contributed by atoms with E-state index >= 15 is 0 Å². The SMILES string of the molecule is C=C(C)C(=O)C(C)C.C=CC(=O)C(C)C. The maximum atomic E-state index is 10.7. The summed E-state index contributed by atoms with van der Waals surface area (Å²) in [6.07, 6.45) is 1.35. The standard InChI is InChI=1S/C7H12O.C6H10O/c1-5(2)7(8)6(3)4;1-4-6(7)5(2)3/h6H,1H2,2-4H3;4-5H,1H2,2-3H3. The van der Waals surface area contributed by atoms with Crippen LogP contribution in [0.1, 0.15) is 34.6 Å². The van der Waals surface area contributed by atoms with Crippen molar-refractivity contribution in [1.29, 1.82) is 0 Å². The van der Waals surface area contributed by atoms with Gasteiger partial charge in [-0.1, -0.05) is 40.9 Å². The normalized spacial score (nSPS) is 9.27. The van der Waals surface area contributed by atoms with Crippen molar-refractivity contribution < 1.29 is 9.59 Å². The zero-order chi connectivity index (χ0) is 12.6. The van der Waals surface area contributed by atoms with Gasteiger partial charge in [0.15, 0.2) is 11.6 Å². The molecule has 86 valence electrons. The Bertz CT molecular complexity index is 247. The molecule has 0 amide bonds. The Kier molecular flexibility index (Phi) is 8.84. The van der Waals surface area contributed by atoms with E-state index in [9.17, 15) is 9.59 Å². The first-order valence-electron chi connectivity index (χ1n) is 5.10. The van der Waals surface area contributed by atoms with E-state index in [1.54, 1.807) is 6.92 Å². The van der Waals surface area contributed by atoms with Gasteiger partial charge in [-0.3, -0.25) is 9.59 Å². The molecule has 0 bridgehead atoms. The smallest absolute Gasteiger partial charge is 0.160 e. The van der Waals surface area contributed by atoms with Crippen molar-refractivity contribution in [3.8, 4) is 0 Å². The summed E-state index contributed by atoms with van der Waals surface area (Å²) in [6.45, 7) is 16.0. The molecule has 0 spiro atoms. The second-order valence-corrected chi connectivity index (χ2v) is 4.06. The van der Waals surface area contributed by atoms with Gasteiger partial charge < -0.3 is 0 Å². The van der Waals surface area contributed by atoms with Crippen LogP contribution in [-0.2, 0) is 9.59 Å². The third-order valence-electron chi connectivity index (χ3n) is 1.72. The lowest BCUT2D eigenvalue weighted by atomic mass is 10.0. The fourth-order valence-electron chi connectivity index (χ4n) is 0.729. The predicted molar refractivity (Wildman–Crippen MR) is 64.7 cm³/mol. The minimum atomic E-state index is 0.104. The minimum absolute atomic E-state index is 0.104. The first-order chi connectivity index (χ1) is 6.73. The molecule has 15 heavy (non-hydrogen) atoms. The largest absolute Gasteiger partial charge is 0.295 e. The molecule has 0 aliphatic heterocycles. The molecule has 0 N–H and O–H groups in total. The lowest BCUT2D eigenvalue weighted by Gasteiger charge is -1.99. The maximum absolute atomic E-state index is 10.7.